The van der Waals surface area contributed by atoms with Gasteiger partial charge in [0.05, 0.1) is 6.61 Å². The van der Waals surface area contributed by atoms with Crippen LogP contribution in [0.1, 0.15) is 11.4 Å². The summed E-state index contributed by atoms with van der Waals surface area (Å²) in [6.45, 7) is 1.27. The Morgan fingerprint density at radius 1 is 1.28 bits per heavy atom. The van der Waals surface area contributed by atoms with Crippen LogP contribution in [0.5, 0.6) is 5.75 Å². The van der Waals surface area contributed by atoms with Crippen LogP contribution in [0.25, 0.3) is 0 Å². The zero-order valence-corrected chi connectivity index (χ0v) is 10.7. The van der Waals surface area contributed by atoms with Crippen LogP contribution in [0.15, 0.2) is 36.7 Å². The molecule has 0 saturated carbocycles. The number of benzene rings is 1. The fourth-order valence-electron chi connectivity index (χ4n) is 1.90. The number of hydrogen-bond donors (Lipinski definition) is 1. The summed E-state index contributed by atoms with van der Waals surface area (Å²) in [6.07, 6.45) is 5.40. The van der Waals surface area contributed by atoms with Crippen molar-refractivity contribution in [2.45, 2.75) is 12.8 Å². The molecule has 1 aromatic heterocycles. The van der Waals surface area contributed by atoms with E-state index in [2.05, 4.69) is 11.1 Å². The molecule has 2 rings (SSSR count). The van der Waals surface area contributed by atoms with Crippen molar-refractivity contribution in [1.82, 2.24) is 9.55 Å². The maximum absolute atomic E-state index is 5.81. The Labute approximate surface area is 107 Å². The highest BCUT2D eigenvalue weighted by Crippen LogP contribution is 2.18. The second kappa shape index (κ2) is 6.21. The molecule has 1 heterocycles. The summed E-state index contributed by atoms with van der Waals surface area (Å²) >= 11 is 0. The fraction of sp³-hybridized carbons (Fsp3) is 0.357. The van der Waals surface area contributed by atoms with Crippen molar-refractivity contribution in [1.29, 1.82) is 0 Å². The van der Waals surface area contributed by atoms with E-state index in [1.54, 1.807) is 6.20 Å². The standard InChI is InChI=1S/C14H19N3O/c1-17-10-9-16-14(17)7-11-18-13-5-3-2-4-12(13)6-8-15/h2-5,9-10H,6-8,11,15H2,1H3. The quantitative estimate of drug-likeness (QED) is 0.840. The monoisotopic (exact) mass is 245 g/mol. The summed E-state index contributed by atoms with van der Waals surface area (Å²) in [6, 6.07) is 8.04. The predicted octanol–water partition coefficient (Wildman–Crippen LogP) is 1.54. The molecule has 0 aliphatic rings. The largest absolute Gasteiger partial charge is 0.493 e. The van der Waals surface area contributed by atoms with Crippen molar-refractivity contribution in [3.63, 3.8) is 0 Å². The van der Waals surface area contributed by atoms with Crippen molar-refractivity contribution in [2.75, 3.05) is 13.2 Å². The smallest absolute Gasteiger partial charge is 0.122 e. The van der Waals surface area contributed by atoms with Gasteiger partial charge in [0.1, 0.15) is 11.6 Å². The van der Waals surface area contributed by atoms with Crippen LogP contribution in [-0.4, -0.2) is 22.7 Å². The first-order valence-corrected chi connectivity index (χ1v) is 6.18. The van der Waals surface area contributed by atoms with Gasteiger partial charge in [0.25, 0.3) is 0 Å². The van der Waals surface area contributed by atoms with E-state index < -0.39 is 0 Å². The Hall–Kier alpha value is -1.81. The first-order valence-electron chi connectivity index (χ1n) is 6.18. The van der Waals surface area contributed by atoms with Crippen molar-refractivity contribution >= 4 is 0 Å². The number of para-hydroxylation sites is 1. The summed E-state index contributed by atoms with van der Waals surface area (Å²) < 4.78 is 7.82. The van der Waals surface area contributed by atoms with E-state index in [0.717, 1.165) is 24.4 Å². The average Bonchev–Trinajstić information content (AvgIpc) is 2.78. The Morgan fingerprint density at radius 3 is 2.83 bits per heavy atom. The Balaban J connectivity index is 1.92. The molecule has 0 atom stereocenters. The van der Waals surface area contributed by atoms with Crippen LogP contribution in [0.4, 0.5) is 0 Å². The minimum atomic E-state index is 0.631. The van der Waals surface area contributed by atoms with Gasteiger partial charge in [-0.25, -0.2) is 4.98 Å². The van der Waals surface area contributed by atoms with Crippen LogP contribution in [-0.2, 0) is 19.9 Å². The summed E-state index contributed by atoms with van der Waals surface area (Å²) in [7, 11) is 1.99. The molecule has 0 bridgehead atoms. The van der Waals surface area contributed by atoms with Crippen LogP contribution in [0.3, 0.4) is 0 Å². The molecule has 18 heavy (non-hydrogen) atoms. The molecule has 1 aromatic carbocycles. The van der Waals surface area contributed by atoms with Crippen LogP contribution >= 0.6 is 0 Å². The molecule has 0 aliphatic carbocycles. The molecular weight excluding hydrogens is 226 g/mol. The molecule has 96 valence electrons. The lowest BCUT2D eigenvalue weighted by atomic mass is 10.1. The fourth-order valence-corrected chi connectivity index (χ4v) is 1.90. The van der Waals surface area contributed by atoms with Gasteiger partial charge in [-0.3, -0.25) is 0 Å². The molecule has 2 N–H and O–H groups in total. The first-order chi connectivity index (χ1) is 8.81. The van der Waals surface area contributed by atoms with Gasteiger partial charge in [-0.2, -0.15) is 0 Å². The number of nitrogens with zero attached hydrogens (tertiary/aromatic N) is 2. The zero-order valence-electron chi connectivity index (χ0n) is 10.7. The Bertz CT molecular complexity index is 493. The number of imidazole rings is 1. The summed E-state index contributed by atoms with van der Waals surface area (Å²) in [5.41, 5.74) is 6.75. The van der Waals surface area contributed by atoms with Gasteiger partial charge in [-0.1, -0.05) is 18.2 Å². The van der Waals surface area contributed by atoms with Crippen molar-refractivity contribution < 1.29 is 4.74 Å². The lowest BCUT2D eigenvalue weighted by Crippen LogP contribution is -2.09. The van der Waals surface area contributed by atoms with Gasteiger partial charge in [0.2, 0.25) is 0 Å². The van der Waals surface area contributed by atoms with Crippen LogP contribution in [0, 0.1) is 0 Å². The van der Waals surface area contributed by atoms with Gasteiger partial charge in [-0.05, 0) is 24.6 Å². The minimum absolute atomic E-state index is 0.631. The van der Waals surface area contributed by atoms with Gasteiger partial charge in [0, 0.05) is 25.9 Å². The topological polar surface area (TPSA) is 53.1 Å². The van der Waals surface area contributed by atoms with E-state index in [-0.39, 0.29) is 0 Å². The number of rotatable bonds is 6. The van der Waals surface area contributed by atoms with Crippen molar-refractivity contribution in [3.05, 3.63) is 48.0 Å². The second-order valence-electron chi connectivity index (χ2n) is 4.20. The molecule has 0 spiro atoms. The molecular formula is C14H19N3O. The Morgan fingerprint density at radius 2 is 2.11 bits per heavy atom. The van der Waals surface area contributed by atoms with Gasteiger partial charge < -0.3 is 15.0 Å². The third kappa shape index (κ3) is 3.11. The molecule has 0 radical (unpaired) electrons. The highest BCUT2D eigenvalue weighted by atomic mass is 16.5. The molecule has 4 nitrogen and oxygen atoms in total. The highest BCUT2D eigenvalue weighted by Gasteiger charge is 2.03. The van der Waals surface area contributed by atoms with Gasteiger partial charge in [-0.15, -0.1) is 0 Å². The number of hydrogen-bond acceptors (Lipinski definition) is 3. The van der Waals surface area contributed by atoms with E-state index >= 15 is 0 Å². The van der Waals surface area contributed by atoms with E-state index in [1.807, 2.05) is 36.0 Å². The molecule has 0 saturated heterocycles. The Kier molecular flexibility index (Phi) is 4.36. The molecule has 4 heteroatoms. The molecule has 0 aliphatic heterocycles. The van der Waals surface area contributed by atoms with E-state index in [1.165, 1.54) is 5.56 Å². The number of nitrogens with two attached hydrogens (primary N) is 1. The number of ether oxygens (including phenoxy) is 1. The zero-order chi connectivity index (χ0) is 12.8. The summed E-state index contributed by atoms with van der Waals surface area (Å²) in [5.74, 6) is 1.96. The van der Waals surface area contributed by atoms with E-state index in [9.17, 15) is 0 Å². The van der Waals surface area contributed by atoms with Crippen LogP contribution in [0.2, 0.25) is 0 Å². The average molecular weight is 245 g/mol. The maximum Gasteiger partial charge on any atom is 0.122 e. The number of aromatic nitrogens is 2. The molecule has 0 amide bonds. The van der Waals surface area contributed by atoms with E-state index in [0.29, 0.717) is 13.2 Å². The molecule has 2 aromatic rings. The van der Waals surface area contributed by atoms with Crippen LogP contribution < -0.4 is 10.5 Å². The lowest BCUT2D eigenvalue weighted by molar-refractivity contribution is 0.314. The normalized spacial score (nSPS) is 10.6. The third-order valence-electron chi connectivity index (χ3n) is 2.89. The number of aryl methyl sites for hydroxylation is 1. The molecule has 0 fully saturated rings. The van der Waals surface area contributed by atoms with Crippen molar-refractivity contribution in [3.8, 4) is 5.75 Å². The first kappa shape index (κ1) is 12.6. The predicted molar refractivity (Wildman–Crippen MR) is 71.6 cm³/mol. The van der Waals surface area contributed by atoms with Gasteiger partial charge >= 0.3 is 0 Å². The second-order valence-corrected chi connectivity index (χ2v) is 4.20. The SMILES string of the molecule is Cn1ccnc1CCOc1ccccc1CCN. The van der Waals surface area contributed by atoms with E-state index in [4.69, 9.17) is 10.5 Å². The maximum atomic E-state index is 5.81. The van der Waals surface area contributed by atoms with Gasteiger partial charge in [0.15, 0.2) is 0 Å². The van der Waals surface area contributed by atoms with Crippen molar-refractivity contribution in [2.24, 2.45) is 12.8 Å². The lowest BCUT2D eigenvalue weighted by Gasteiger charge is -2.10. The minimum Gasteiger partial charge on any atom is -0.493 e. The summed E-state index contributed by atoms with van der Waals surface area (Å²) in [4.78, 5) is 4.27. The third-order valence-corrected chi connectivity index (χ3v) is 2.89. The highest BCUT2D eigenvalue weighted by molar-refractivity contribution is 5.33. The molecule has 0 unspecified atom stereocenters. The summed E-state index contributed by atoms with van der Waals surface area (Å²) in [5, 5.41) is 0.